The summed E-state index contributed by atoms with van der Waals surface area (Å²) in [4.78, 5) is 33.9. The predicted molar refractivity (Wildman–Crippen MR) is 99.3 cm³/mol. The molecule has 2 rings (SSSR count). The van der Waals surface area contributed by atoms with Gasteiger partial charge in [0.05, 0.1) is 17.6 Å². The Labute approximate surface area is 154 Å². The number of nitrogens with zero attached hydrogens (tertiary/aromatic N) is 1. The zero-order chi connectivity index (χ0) is 19.3. The molecule has 2 aromatic carbocycles. The Bertz CT molecular complexity index is 880. The number of thiocarbonyl (C=S) groups is 1. The Morgan fingerprint density at radius 3 is 2.27 bits per heavy atom. The van der Waals surface area contributed by atoms with Crippen LogP contribution >= 0.6 is 12.2 Å². The third kappa shape index (κ3) is 4.61. The fourth-order valence-corrected chi connectivity index (χ4v) is 2.36. The summed E-state index contributed by atoms with van der Waals surface area (Å²) in [7, 11) is 1.29. The number of nitro benzene ring substituents is 1. The smallest absolute Gasteiger partial charge is 0.337 e. The molecule has 134 valence electrons. The molecule has 2 aromatic rings. The Morgan fingerprint density at radius 1 is 1.12 bits per heavy atom. The fraction of sp³-hybridized carbons (Fsp3) is 0.118. The van der Waals surface area contributed by atoms with Gasteiger partial charge < -0.3 is 10.1 Å². The highest BCUT2D eigenvalue weighted by molar-refractivity contribution is 7.80. The number of carbonyl (C=O) groups is 2. The number of aryl methyl sites for hydroxylation is 1. The number of methoxy groups -OCH3 is 1. The van der Waals surface area contributed by atoms with Crippen molar-refractivity contribution in [2.75, 3.05) is 12.4 Å². The Balaban J connectivity index is 2.01. The second kappa shape index (κ2) is 8.17. The van der Waals surface area contributed by atoms with Crippen LogP contribution in [0.5, 0.6) is 0 Å². The monoisotopic (exact) mass is 373 g/mol. The lowest BCUT2D eigenvalue weighted by Gasteiger charge is -2.10. The molecule has 0 fully saturated rings. The SMILES string of the molecule is COC(=O)c1ccc(NC(=S)NC(=O)c2ccc([N+](=O)[O-])c(C)c2)cc1. The summed E-state index contributed by atoms with van der Waals surface area (Å²) < 4.78 is 4.61. The number of anilines is 1. The first-order chi connectivity index (χ1) is 12.3. The number of nitrogens with one attached hydrogen (secondary N) is 2. The van der Waals surface area contributed by atoms with Gasteiger partial charge in [-0.05, 0) is 55.5 Å². The number of rotatable bonds is 4. The molecule has 8 nitrogen and oxygen atoms in total. The molecule has 0 atom stereocenters. The molecule has 0 saturated heterocycles. The second-order valence-electron chi connectivity index (χ2n) is 5.24. The summed E-state index contributed by atoms with van der Waals surface area (Å²) in [5.41, 5.74) is 1.52. The number of esters is 1. The minimum absolute atomic E-state index is 0.0526. The van der Waals surface area contributed by atoms with Crippen molar-refractivity contribution in [3.05, 3.63) is 69.3 Å². The summed E-state index contributed by atoms with van der Waals surface area (Å²) >= 11 is 5.08. The maximum Gasteiger partial charge on any atom is 0.337 e. The molecule has 26 heavy (non-hydrogen) atoms. The Hall–Kier alpha value is -3.33. The lowest BCUT2D eigenvalue weighted by atomic mass is 10.1. The standard InChI is InChI=1S/C17H15N3O5S/c1-10-9-12(5-8-14(10)20(23)24)15(21)19-17(26)18-13-6-3-11(4-7-13)16(22)25-2/h3-9H,1-2H3,(H2,18,19,21,26). The van der Waals surface area contributed by atoms with Gasteiger partial charge in [0.2, 0.25) is 0 Å². The molecule has 0 unspecified atom stereocenters. The molecule has 0 radical (unpaired) electrons. The van der Waals surface area contributed by atoms with Gasteiger partial charge in [-0.2, -0.15) is 0 Å². The lowest BCUT2D eigenvalue weighted by molar-refractivity contribution is -0.385. The summed E-state index contributed by atoms with van der Waals surface area (Å²) in [5.74, 6) is -0.951. The normalized spacial score (nSPS) is 9.92. The van der Waals surface area contributed by atoms with Crippen molar-refractivity contribution in [1.29, 1.82) is 0 Å². The van der Waals surface area contributed by atoms with Gasteiger partial charge in [-0.1, -0.05) is 0 Å². The van der Waals surface area contributed by atoms with Crippen LogP contribution in [0.4, 0.5) is 11.4 Å². The zero-order valence-electron chi connectivity index (χ0n) is 13.9. The fourth-order valence-electron chi connectivity index (χ4n) is 2.15. The third-order valence-electron chi connectivity index (χ3n) is 3.45. The van der Waals surface area contributed by atoms with Crippen molar-refractivity contribution in [2.45, 2.75) is 6.92 Å². The van der Waals surface area contributed by atoms with Crippen LogP contribution in [0, 0.1) is 17.0 Å². The highest BCUT2D eigenvalue weighted by atomic mass is 32.1. The molecule has 0 aromatic heterocycles. The van der Waals surface area contributed by atoms with E-state index in [1.54, 1.807) is 31.2 Å². The van der Waals surface area contributed by atoms with Crippen LogP contribution in [0.1, 0.15) is 26.3 Å². The maximum atomic E-state index is 12.2. The van der Waals surface area contributed by atoms with Crippen LogP contribution < -0.4 is 10.6 Å². The highest BCUT2D eigenvalue weighted by Crippen LogP contribution is 2.18. The largest absolute Gasteiger partial charge is 0.465 e. The molecular formula is C17H15N3O5S. The van der Waals surface area contributed by atoms with Gasteiger partial charge >= 0.3 is 5.97 Å². The number of carbonyl (C=O) groups excluding carboxylic acids is 2. The predicted octanol–water partition coefficient (Wildman–Crippen LogP) is 2.82. The Morgan fingerprint density at radius 2 is 1.73 bits per heavy atom. The van der Waals surface area contributed by atoms with E-state index >= 15 is 0 Å². The van der Waals surface area contributed by atoms with E-state index in [1.807, 2.05) is 0 Å². The van der Waals surface area contributed by atoms with Crippen molar-refractivity contribution in [3.8, 4) is 0 Å². The van der Waals surface area contributed by atoms with Crippen molar-refractivity contribution in [1.82, 2.24) is 5.32 Å². The van der Waals surface area contributed by atoms with Crippen LogP contribution in [0.15, 0.2) is 42.5 Å². The molecule has 9 heteroatoms. The first-order valence-electron chi connectivity index (χ1n) is 7.37. The molecule has 0 aliphatic carbocycles. The van der Waals surface area contributed by atoms with Crippen LogP contribution in [-0.4, -0.2) is 29.0 Å². The second-order valence-corrected chi connectivity index (χ2v) is 5.64. The number of nitro groups is 1. The van der Waals surface area contributed by atoms with Crippen molar-refractivity contribution < 1.29 is 19.2 Å². The van der Waals surface area contributed by atoms with E-state index in [0.29, 0.717) is 16.8 Å². The van der Waals surface area contributed by atoms with Gasteiger partial charge in [-0.15, -0.1) is 0 Å². The van der Waals surface area contributed by atoms with Gasteiger partial charge in [-0.25, -0.2) is 4.79 Å². The molecule has 2 N–H and O–H groups in total. The van der Waals surface area contributed by atoms with E-state index < -0.39 is 16.8 Å². The van der Waals surface area contributed by atoms with E-state index in [1.165, 1.54) is 25.3 Å². The molecule has 1 amide bonds. The molecule has 0 bridgehead atoms. The van der Waals surface area contributed by atoms with Gasteiger partial charge in [0.15, 0.2) is 5.11 Å². The quantitative estimate of drug-likeness (QED) is 0.367. The summed E-state index contributed by atoms with van der Waals surface area (Å²) in [6, 6.07) is 10.4. The summed E-state index contributed by atoms with van der Waals surface area (Å²) in [6.07, 6.45) is 0. The van der Waals surface area contributed by atoms with Gasteiger partial charge in [0.25, 0.3) is 11.6 Å². The van der Waals surface area contributed by atoms with Gasteiger partial charge in [0, 0.05) is 22.9 Å². The minimum atomic E-state index is -0.513. The zero-order valence-corrected chi connectivity index (χ0v) is 14.8. The number of ether oxygens (including phenoxy) is 1. The molecule has 0 spiro atoms. The lowest BCUT2D eigenvalue weighted by Crippen LogP contribution is -2.34. The van der Waals surface area contributed by atoms with Crippen LogP contribution in [0.3, 0.4) is 0 Å². The molecule has 0 saturated carbocycles. The molecule has 0 aliphatic heterocycles. The topological polar surface area (TPSA) is 111 Å². The Kier molecular flexibility index (Phi) is 5.97. The minimum Gasteiger partial charge on any atom is -0.465 e. The molecule has 0 aliphatic rings. The highest BCUT2D eigenvalue weighted by Gasteiger charge is 2.14. The van der Waals surface area contributed by atoms with Crippen LogP contribution in [0.25, 0.3) is 0 Å². The first kappa shape index (κ1) is 19.0. The van der Waals surface area contributed by atoms with Crippen molar-refractivity contribution in [3.63, 3.8) is 0 Å². The van der Waals surface area contributed by atoms with Gasteiger partial charge in [0.1, 0.15) is 0 Å². The number of hydrogen-bond donors (Lipinski definition) is 2. The number of hydrogen-bond acceptors (Lipinski definition) is 6. The van der Waals surface area contributed by atoms with E-state index in [9.17, 15) is 19.7 Å². The van der Waals surface area contributed by atoms with Gasteiger partial charge in [-0.3, -0.25) is 20.2 Å². The average molecular weight is 373 g/mol. The maximum absolute atomic E-state index is 12.2. The van der Waals surface area contributed by atoms with E-state index in [4.69, 9.17) is 12.2 Å². The molecular weight excluding hydrogens is 358 g/mol. The van der Waals surface area contributed by atoms with Crippen LogP contribution in [-0.2, 0) is 4.74 Å². The van der Waals surface area contributed by atoms with Crippen molar-refractivity contribution in [2.24, 2.45) is 0 Å². The van der Waals surface area contributed by atoms with Crippen molar-refractivity contribution >= 4 is 40.6 Å². The first-order valence-corrected chi connectivity index (χ1v) is 7.78. The van der Waals surface area contributed by atoms with E-state index in [2.05, 4.69) is 15.4 Å². The third-order valence-corrected chi connectivity index (χ3v) is 3.65. The average Bonchev–Trinajstić information content (AvgIpc) is 2.61. The summed E-state index contributed by atoms with van der Waals surface area (Å²) in [6.45, 7) is 1.55. The van der Waals surface area contributed by atoms with E-state index in [0.717, 1.165) is 0 Å². The number of amides is 1. The van der Waals surface area contributed by atoms with E-state index in [-0.39, 0.29) is 16.4 Å². The number of benzene rings is 2. The van der Waals surface area contributed by atoms with Crippen LogP contribution in [0.2, 0.25) is 0 Å². The molecule has 0 heterocycles. The summed E-state index contributed by atoms with van der Waals surface area (Å²) in [5, 5.41) is 16.2.